The molecule has 0 atom stereocenters. The van der Waals surface area contributed by atoms with E-state index < -0.39 is 0 Å². The summed E-state index contributed by atoms with van der Waals surface area (Å²) in [7, 11) is 0. The predicted molar refractivity (Wildman–Crippen MR) is 67.2 cm³/mol. The Hall–Kier alpha value is -1.57. The SMILES string of the molecule is C/C=C(\C)C(=O)NCCCc1ccccc1. The molecule has 1 aromatic rings. The van der Waals surface area contributed by atoms with Gasteiger partial charge in [-0.15, -0.1) is 0 Å². The van der Waals surface area contributed by atoms with Crippen molar-refractivity contribution in [1.82, 2.24) is 5.32 Å². The van der Waals surface area contributed by atoms with Gasteiger partial charge in [0.1, 0.15) is 0 Å². The van der Waals surface area contributed by atoms with Crippen LogP contribution in [0.15, 0.2) is 42.0 Å². The fourth-order valence-electron chi connectivity index (χ4n) is 1.41. The lowest BCUT2D eigenvalue weighted by atomic mass is 10.1. The molecule has 0 heterocycles. The van der Waals surface area contributed by atoms with Crippen molar-refractivity contribution in [2.75, 3.05) is 6.54 Å². The normalized spacial score (nSPS) is 11.2. The molecule has 0 aliphatic heterocycles. The first-order valence-electron chi connectivity index (χ1n) is 5.69. The summed E-state index contributed by atoms with van der Waals surface area (Å²) in [5, 5.41) is 2.90. The van der Waals surface area contributed by atoms with Crippen LogP contribution in [0.2, 0.25) is 0 Å². The minimum atomic E-state index is 0.0376. The van der Waals surface area contributed by atoms with Crippen LogP contribution in [0.4, 0.5) is 0 Å². The number of rotatable bonds is 5. The van der Waals surface area contributed by atoms with Crippen molar-refractivity contribution in [3.8, 4) is 0 Å². The van der Waals surface area contributed by atoms with Crippen molar-refractivity contribution < 1.29 is 4.79 Å². The van der Waals surface area contributed by atoms with Crippen LogP contribution in [-0.2, 0) is 11.2 Å². The van der Waals surface area contributed by atoms with Gasteiger partial charge in [0.25, 0.3) is 0 Å². The molecule has 0 aliphatic rings. The molecule has 1 aromatic carbocycles. The lowest BCUT2D eigenvalue weighted by Crippen LogP contribution is -2.25. The molecule has 86 valence electrons. The molecular weight excluding hydrogens is 198 g/mol. The second-order valence-corrected chi connectivity index (χ2v) is 3.82. The third kappa shape index (κ3) is 4.30. The summed E-state index contributed by atoms with van der Waals surface area (Å²) in [6.45, 7) is 4.43. The number of benzene rings is 1. The van der Waals surface area contributed by atoms with Gasteiger partial charge in [-0.3, -0.25) is 4.79 Å². The molecule has 0 bridgehead atoms. The Balaban J connectivity index is 2.20. The zero-order valence-corrected chi connectivity index (χ0v) is 9.99. The number of hydrogen-bond donors (Lipinski definition) is 1. The van der Waals surface area contributed by atoms with Gasteiger partial charge in [-0.1, -0.05) is 36.4 Å². The molecule has 0 aromatic heterocycles. The lowest BCUT2D eigenvalue weighted by molar-refractivity contribution is -0.117. The average molecular weight is 217 g/mol. The van der Waals surface area contributed by atoms with Crippen LogP contribution < -0.4 is 5.32 Å². The fraction of sp³-hybridized carbons (Fsp3) is 0.357. The van der Waals surface area contributed by atoms with E-state index in [-0.39, 0.29) is 5.91 Å². The molecule has 2 heteroatoms. The van der Waals surface area contributed by atoms with Crippen LogP contribution in [0.25, 0.3) is 0 Å². The van der Waals surface area contributed by atoms with Crippen LogP contribution in [0, 0.1) is 0 Å². The van der Waals surface area contributed by atoms with Gasteiger partial charge < -0.3 is 5.32 Å². The van der Waals surface area contributed by atoms with E-state index in [1.54, 1.807) is 0 Å². The number of hydrogen-bond acceptors (Lipinski definition) is 1. The highest BCUT2D eigenvalue weighted by Crippen LogP contribution is 2.01. The molecule has 0 radical (unpaired) electrons. The molecule has 0 saturated heterocycles. The van der Waals surface area contributed by atoms with E-state index in [0.29, 0.717) is 0 Å². The maximum absolute atomic E-state index is 11.4. The molecule has 0 spiro atoms. The van der Waals surface area contributed by atoms with Crippen molar-refractivity contribution in [1.29, 1.82) is 0 Å². The summed E-state index contributed by atoms with van der Waals surface area (Å²) in [5.41, 5.74) is 2.10. The zero-order valence-electron chi connectivity index (χ0n) is 9.99. The Morgan fingerprint density at radius 1 is 1.31 bits per heavy atom. The van der Waals surface area contributed by atoms with E-state index in [9.17, 15) is 4.79 Å². The van der Waals surface area contributed by atoms with Gasteiger partial charge in [0, 0.05) is 12.1 Å². The number of nitrogens with one attached hydrogen (secondary N) is 1. The molecule has 1 N–H and O–H groups in total. The van der Waals surface area contributed by atoms with Gasteiger partial charge in [-0.25, -0.2) is 0 Å². The Morgan fingerprint density at radius 3 is 2.62 bits per heavy atom. The predicted octanol–water partition coefficient (Wildman–Crippen LogP) is 2.70. The second-order valence-electron chi connectivity index (χ2n) is 3.82. The van der Waals surface area contributed by atoms with Gasteiger partial charge in [-0.2, -0.15) is 0 Å². The molecule has 2 nitrogen and oxygen atoms in total. The van der Waals surface area contributed by atoms with Gasteiger partial charge in [0.2, 0.25) is 5.91 Å². The summed E-state index contributed by atoms with van der Waals surface area (Å²) in [6.07, 6.45) is 3.81. The van der Waals surface area contributed by atoms with Gasteiger partial charge in [0.15, 0.2) is 0 Å². The quantitative estimate of drug-likeness (QED) is 0.596. The largest absolute Gasteiger partial charge is 0.352 e. The monoisotopic (exact) mass is 217 g/mol. The molecule has 16 heavy (non-hydrogen) atoms. The summed E-state index contributed by atoms with van der Waals surface area (Å²) in [6, 6.07) is 10.3. The first kappa shape index (κ1) is 12.5. The molecule has 0 aliphatic carbocycles. The van der Waals surface area contributed by atoms with Crippen LogP contribution in [-0.4, -0.2) is 12.5 Å². The van der Waals surface area contributed by atoms with E-state index >= 15 is 0 Å². The Bertz CT molecular complexity index is 354. The molecule has 1 rings (SSSR count). The number of carbonyl (C=O) groups is 1. The van der Waals surface area contributed by atoms with Crippen LogP contribution in [0.5, 0.6) is 0 Å². The number of allylic oxidation sites excluding steroid dienone is 1. The Kier molecular flexibility index (Phi) is 5.34. The van der Waals surface area contributed by atoms with Crippen LogP contribution in [0.3, 0.4) is 0 Å². The van der Waals surface area contributed by atoms with Crippen molar-refractivity contribution >= 4 is 5.91 Å². The maximum atomic E-state index is 11.4. The topological polar surface area (TPSA) is 29.1 Å². The molecule has 0 unspecified atom stereocenters. The average Bonchev–Trinajstić information content (AvgIpc) is 2.34. The van der Waals surface area contributed by atoms with Crippen LogP contribution >= 0.6 is 0 Å². The lowest BCUT2D eigenvalue weighted by Gasteiger charge is -2.05. The third-order valence-electron chi connectivity index (χ3n) is 2.56. The molecule has 1 amide bonds. The molecular formula is C14H19NO. The first-order valence-corrected chi connectivity index (χ1v) is 5.69. The van der Waals surface area contributed by atoms with Crippen molar-refractivity contribution in [2.24, 2.45) is 0 Å². The molecule has 0 saturated carbocycles. The van der Waals surface area contributed by atoms with Crippen molar-refractivity contribution in [3.63, 3.8) is 0 Å². The second kappa shape index (κ2) is 6.83. The van der Waals surface area contributed by atoms with E-state index in [1.165, 1.54) is 5.56 Å². The van der Waals surface area contributed by atoms with E-state index in [4.69, 9.17) is 0 Å². The zero-order chi connectivity index (χ0) is 11.8. The van der Waals surface area contributed by atoms with E-state index in [2.05, 4.69) is 17.4 Å². The summed E-state index contributed by atoms with van der Waals surface area (Å²) >= 11 is 0. The molecule has 0 fully saturated rings. The standard InChI is InChI=1S/C14H19NO/c1-3-12(2)14(16)15-11-7-10-13-8-5-4-6-9-13/h3-6,8-9H,7,10-11H2,1-2H3,(H,15,16)/b12-3+. The minimum Gasteiger partial charge on any atom is -0.352 e. The number of carbonyl (C=O) groups excluding carboxylic acids is 1. The number of amides is 1. The number of aryl methyl sites for hydroxylation is 1. The van der Waals surface area contributed by atoms with Gasteiger partial charge >= 0.3 is 0 Å². The van der Waals surface area contributed by atoms with E-state index in [0.717, 1.165) is 25.0 Å². The first-order chi connectivity index (χ1) is 7.74. The highest BCUT2D eigenvalue weighted by Gasteiger charge is 2.00. The van der Waals surface area contributed by atoms with Gasteiger partial charge in [0.05, 0.1) is 0 Å². The minimum absolute atomic E-state index is 0.0376. The summed E-state index contributed by atoms with van der Waals surface area (Å²) in [5.74, 6) is 0.0376. The summed E-state index contributed by atoms with van der Waals surface area (Å²) < 4.78 is 0. The third-order valence-corrected chi connectivity index (χ3v) is 2.56. The Morgan fingerprint density at radius 2 is 2.00 bits per heavy atom. The smallest absolute Gasteiger partial charge is 0.246 e. The highest BCUT2D eigenvalue weighted by atomic mass is 16.1. The van der Waals surface area contributed by atoms with Crippen molar-refractivity contribution in [3.05, 3.63) is 47.5 Å². The van der Waals surface area contributed by atoms with Crippen molar-refractivity contribution in [2.45, 2.75) is 26.7 Å². The van der Waals surface area contributed by atoms with E-state index in [1.807, 2.05) is 38.1 Å². The van der Waals surface area contributed by atoms with Gasteiger partial charge in [-0.05, 0) is 32.3 Å². The summed E-state index contributed by atoms with van der Waals surface area (Å²) in [4.78, 5) is 11.4. The maximum Gasteiger partial charge on any atom is 0.246 e. The fourth-order valence-corrected chi connectivity index (χ4v) is 1.41. The highest BCUT2D eigenvalue weighted by molar-refractivity contribution is 5.92. The van der Waals surface area contributed by atoms with Crippen LogP contribution in [0.1, 0.15) is 25.8 Å². The Labute approximate surface area is 97.4 Å².